The lowest BCUT2D eigenvalue weighted by Gasteiger charge is -2.38. The molecular formula is C42H68N18O7. The van der Waals surface area contributed by atoms with Gasteiger partial charge in [-0.15, -0.1) is 16.6 Å². The van der Waals surface area contributed by atoms with E-state index in [1.807, 2.05) is 37.5 Å². The molecule has 4 amide bonds. The van der Waals surface area contributed by atoms with E-state index in [2.05, 4.69) is 31.9 Å². The molecule has 2 aliphatic heterocycles. The second-order valence-corrected chi connectivity index (χ2v) is 16.7. The summed E-state index contributed by atoms with van der Waals surface area (Å²) < 4.78 is 19.2. The number of nitrogens with zero attached hydrogens (tertiary/aromatic N) is 13. The zero-order chi connectivity index (χ0) is 48.5. The molecule has 0 saturated carbocycles. The van der Waals surface area contributed by atoms with Gasteiger partial charge in [0.2, 0.25) is 41.5 Å². The van der Waals surface area contributed by atoms with Crippen LogP contribution in [0.4, 0.5) is 17.8 Å². The average molecular weight is 937 g/mol. The van der Waals surface area contributed by atoms with E-state index >= 15 is 0 Å². The predicted molar refractivity (Wildman–Crippen MR) is 246 cm³/mol. The van der Waals surface area contributed by atoms with Gasteiger partial charge < -0.3 is 62.1 Å². The summed E-state index contributed by atoms with van der Waals surface area (Å²) in [5.74, 6) is 1.79. The molecule has 5 rings (SSSR count). The molecule has 6 atom stereocenters. The monoisotopic (exact) mass is 937 g/mol. The van der Waals surface area contributed by atoms with E-state index in [0.717, 1.165) is 12.8 Å². The number of carbonyl (C=O) groups is 4. The summed E-state index contributed by atoms with van der Waals surface area (Å²) in [4.78, 5) is 73.9. The molecule has 2 aliphatic rings. The molecule has 5 heterocycles. The van der Waals surface area contributed by atoms with E-state index < -0.39 is 23.9 Å². The Bertz CT molecular complexity index is 1970. The lowest BCUT2D eigenvalue weighted by molar-refractivity contribution is -0.138. The molecule has 67 heavy (non-hydrogen) atoms. The highest BCUT2D eigenvalue weighted by Crippen LogP contribution is 2.26. The van der Waals surface area contributed by atoms with Gasteiger partial charge in [0.05, 0.1) is 81.7 Å². The lowest BCUT2D eigenvalue weighted by Crippen LogP contribution is -2.52. The number of ether oxygens (including phenoxy) is 3. The molecule has 2 fully saturated rings. The highest BCUT2D eigenvalue weighted by atomic mass is 16.5. The van der Waals surface area contributed by atoms with Crippen LogP contribution in [0.1, 0.15) is 88.9 Å². The van der Waals surface area contributed by atoms with Crippen LogP contribution in [0.15, 0.2) is 12.4 Å². The van der Waals surface area contributed by atoms with E-state index in [1.54, 1.807) is 22.2 Å². The normalized spacial score (nSPS) is 17.0. The van der Waals surface area contributed by atoms with E-state index in [0.29, 0.717) is 121 Å². The Morgan fingerprint density at radius 1 is 0.672 bits per heavy atom. The molecule has 0 spiro atoms. The maximum absolute atomic E-state index is 14.0. The first kappa shape index (κ1) is 51.9. The summed E-state index contributed by atoms with van der Waals surface area (Å²) >= 11 is 0. The van der Waals surface area contributed by atoms with Crippen LogP contribution in [0, 0.1) is 24.2 Å². The number of nitrogens with two attached hydrogens (primary N) is 4. The van der Waals surface area contributed by atoms with E-state index in [4.69, 9.17) is 58.5 Å². The fraction of sp³-hybridized carbons (Fsp3) is 0.690. The number of amides is 4. The molecule has 9 N–H and O–H groups in total. The van der Waals surface area contributed by atoms with Crippen molar-refractivity contribution >= 4 is 41.5 Å². The Labute approximate surface area is 390 Å². The van der Waals surface area contributed by atoms with Gasteiger partial charge in [-0.05, 0) is 11.8 Å². The Morgan fingerprint density at radius 3 is 1.49 bits per heavy atom. The first-order chi connectivity index (χ1) is 32.2. The van der Waals surface area contributed by atoms with Crippen LogP contribution < -0.4 is 38.1 Å². The fourth-order valence-electron chi connectivity index (χ4n) is 7.45. The summed E-state index contributed by atoms with van der Waals surface area (Å²) in [5.41, 5.74) is 25.0. The molecule has 3 aromatic heterocycles. The molecule has 2 saturated heterocycles. The Morgan fingerprint density at radius 2 is 1.09 bits per heavy atom. The Kier molecular flexibility index (Phi) is 19.9. The quantitative estimate of drug-likeness (QED) is 0.0441. The molecule has 2 unspecified atom stereocenters. The van der Waals surface area contributed by atoms with Gasteiger partial charge >= 0.3 is 0 Å². The fourth-order valence-corrected chi connectivity index (χ4v) is 7.45. The topological polar surface area (TPSA) is 325 Å². The van der Waals surface area contributed by atoms with Crippen LogP contribution >= 0.6 is 0 Å². The van der Waals surface area contributed by atoms with Crippen LogP contribution in [0.2, 0.25) is 0 Å². The van der Waals surface area contributed by atoms with Crippen molar-refractivity contribution in [2.24, 2.45) is 34.8 Å². The highest BCUT2D eigenvalue weighted by Gasteiger charge is 2.35. The minimum atomic E-state index is -0.992. The van der Waals surface area contributed by atoms with Gasteiger partial charge in [-0.3, -0.25) is 19.2 Å². The number of anilines is 3. The summed E-state index contributed by atoms with van der Waals surface area (Å²) in [6, 6.07) is -2.75. The third-order valence-corrected chi connectivity index (χ3v) is 12.1. The maximum Gasteiger partial charge on any atom is 0.248 e. The second kappa shape index (κ2) is 25.7. The van der Waals surface area contributed by atoms with Crippen molar-refractivity contribution in [2.45, 2.75) is 77.5 Å². The van der Waals surface area contributed by atoms with Crippen molar-refractivity contribution in [3.63, 3.8) is 0 Å². The van der Waals surface area contributed by atoms with Crippen molar-refractivity contribution in [2.75, 3.05) is 114 Å². The van der Waals surface area contributed by atoms with E-state index in [-0.39, 0.29) is 55.2 Å². The molecule has 0 bridgehead atoms. The van der Waals surface area contributed by atoms with Gasteiger partial charge in [0.15, 0.2) is 0 Å². The minimum Gasteiger partial charge on any atom is -0.377 e. The zero-order valence-corrected chi connectivity index (χ0v) is 39.1. The number of terminal acetylenes is 1. The molecule has 0 radical (unpaired) electrons. The lowest BCUT2D eigenvalue weighted by atomic mass is 9.98. The van der Waals surface area contributed by atoms with Gasteiger partial charge in [-0.1, -0.05) is 56.9 Å². The van der Waals surface area contributed by atoms with Crippen molar-refractivity contribution in [1.29, 1.82) is 0 Å². The molecule has 0 aromatic carbocycles. The third kappa shape index (κ3) is 14.7. The number of rotatable bonds is 27. The van der Waals surface area contributed by atoms with Gasteiger partial charge in [-0.25, -0.2) is 9.36 Å². The van der Waals surface area contributed by atoms with Crippen molar-refractivity contribution < 1.29 is 33.4 Å². The maximum atomic E-state index is 14.0. The first-order valence-electron chi connectivity index (χ1n) is 22.9. The van der Waals surface area contributed by atoms with Crippen molar-refractivity contribution in [3.05, 3.63) is 23.8 Å². The highest BCUT2D eigenvalue weighted by molar-refractivity contribution is 5.87. The van der Waals surface area contributed by atoms with Crippen LogP contribution in [0.25, 0.3) is 0 Å². The van der Waals surface area contributed by atoms with Crippen LogP contribution in [-0.4, -0.2) is 177 Å². The van der Waals surface area contributed by atoms with Crippen molar-refractivity contribution in [3.8, 4) is 12.3 Å². The number of hydrogen-bond donors (Lipinski definition) is 5. The van der Waals surface area contributed by atoms with Crippen LogP contribution in [-0.2, 0) is 33.4 Å². The average Bonchev–Trinajstić information content (AvgIpc) is 4.04. The van der Waals surface area contributed by atoms with E-state index in [1.165, 1.54) is 9.36 Å². The number of carbonyl (C=O) groups excluding carboxylic acids is 4. The number of aromatic nitrogens is 9. The minimum absolute atomic E-state index is 0.130. The van der Waals surface area contributed by atoms with Crippen LogP contribution in [0.3, 0.4) is 0 Å². The largest absolute Gasteiger partial charge is 0.377 e. The smallest absolute Gasteiger partial charge is 0.248 e. The summed E-state index contributed by atoms with van der Waals surface area (Å²) in [5, 5.41) is 20.0. The molecule has 25 nitrogen and oxygen atoms in total. The number of hydrogen-bond acceptors (Lipinski definition) is 19. The predicted octanol–water partition coefficient (Wildman–Crippen LogP) is -1.23. The van der Waals surface area contributed by atoms with E-state index in [9.17, 15) is 19.2 Å². The Hall–Kier alpha value is -6.07. The Balaban J connectivity index is 1.26. The van der Waals surface area contributed by atoms with Gasteiger partial charge in [-0.2, -0.15) is 15.0 Å². The number of piperazine rings is 2. The molecule has 25 heteroatoms. The molecule has 368 valence electrons. The molecule has 0 aliphatic carbocycles. The summed E-state index contributed by atoms with van der Waals surface area (Å²) in [6.45, 7) is 13.2. The number of nitrogens with one attached hydrogen (secondary N) is 1. The zero-order valence-electron chi connectivity index (χ0n) is 39.1. The molecular weight excluding hydrogens is 869 g/mol. The summed E-state index contributed by atoms with van der Waals surface area (Å²) in [6.07, 6.45) is 9.56. The van der Waals surface area contributed by atoms with Crippen LogP contribution in [0.5, 0.6) is 0 Å². The van der Waals surface area contributed by atoms with Gasteiger partial charge in [0.25, 0.3) is 0 Å². The van der Waals surface area contributed by atoms with Gasteiger partial charge in [0.1, 0.15) is 18.7 Å². The molecule has 3 aromatic rings. The van der Waals surface area contributed by atoms with Gasteiger partial charge in [0, 0.05) is 58.9 Å². The number of primary amides is 2. The summed E-state index contributed by atoms with van der Waals surface area (Å²) in [7, 11) is 0. The SMILES string of the molecule is C#CCOCCOCCOCCNc1nc(N2CCN(C(=O)[C@H](CC(N)=O)n3cc(C(N)[C@H](C)CC)nn3)CC2)nc(N2CCN(C(=O)[C@H](CC(N)=O)n3cc(C(N)[C@@H](C)CC)nn3)CC2)n1. The first-order valence-corrected chi connectivity index (χ1v) is 22.9. The third-order valence-electron chi connectivity index (χ3n) is 12.1. The second-order valence-electron chi connectivity index (χ2n) is 16.7. The van der Waals surface area contributed by atoms with Crippen molar-refractivity contribution in [1.82, 2.24) is 54.7 Å². The standard InChI is InChI=1S/C42H68N18O7/c1-6-18-65-20-22-67-23-21-66-19-9-47-40-48-41(57-14-10-55(11-15-57)38(63)32(24-34(43)61)59-26-30(51-53-59)36(45)28(4)7-2)50-42(49-40)58-16-12-56(13-17-58)39(64)33(25-35(44)62)60-27-31(52-54-60)37(46)29(5)8-3/h1,26-29,32-33,36-37H,7-25,45-46H2,2-5H3,(H2,43,61)(H2,44,62)(H,47,48,49,50)/t28-,29+,32-,33-,36?,37?/m0/s1.